The third-order valence-corrected chi connectivity index (χ3v) is 2.97. The molecule has 4 N–H and O–H groups in total. The van der Waals surface area contributed by atoms with Crippen molar-refractivity contribution in [2.45, 2.75) is 19.9 Å². The monoisotopic (exact) mass is 262 g/mol. The molecule has 0 aromatic heterocycles. The summed E-state index contributed by atoms with van der Waals surface area (Å²) in [6, 6.07) is 2.84. The third kappa shape index (κ3) is 2.37. The largest absolute Gasteiger partial charge is 0.508 e. The number of phenolic OH excluding ortho intramolecular Hbond substituents is 2. The first-order valence-electron chi connectivity index (χ1n) is 5.71. The van der Waals surface area contributed by atoms with E-state index in [2.05, 4.69) is 10.6 Å². The normalized spacial score (nSPS) is 18.8. The second-order valence-electron chi connectivity index (χ2n) is 4.37. The van der Waals surface area contributed by atoms with Crippen LogP contribution in [0.3, 0.4) is 0 Å². The topological polar surface area (TPSA) is 98.7 Å². The van der Waals surface area contributed by atoms with Crippen LogP contribution in [0, 0.1) is 0 Å². The SMILES string of the molecule is CC(=O)C1=C(C)NC(=O)N[C@H]1c1ccc(O)cc1O. The van der Waals surface area contributed by atoms with Gasteiger partial charge in [-0.15, -0.1) is 0 Å². The summed E-state index contributed by atoms with van der Waals surface area (Å²) in [5, 5.41) is 24.2. The van der Waals surface area contributed by atoms with E-state index in [1.807, 2.05) is 0 Å². The van der Waals surface area contributed by atoms with Crippen molar-refractivity contribution < 1.29 is 19.8 Å². The molecule has 1 aromatic rings. The highest BCUT2D eigenvalue weighted by atomic mass is 16.3. The lowest BCUT2D eigenvalue weighted by Gasteiger charge is -2.28. The van der Waals surface area contributed by atoms with Gasteiger partial charge in [0.15, 0.2) is 5.78 Å². The zero-order chi connectivity index (χ0) is 14.2. The van der Waals surface area contributed by atoms with Crippen molar-refractivity contribution in [3.63, 3.8) is 0 Å². The molecule has 0 fully saturated rings. The number of nitrogens with one attached hydrogen (secondary N) is 2. The van der Waals surface area contributed by atoms with Crippen molar-refractivity contribution in [1.82, 2.24) is 10.6 Å². The van der Waals surface area contributed by atoms with Gasteiger partial charge in [0.05, 0.1) is 6.04 Å². The Balaban J connectivity index is 2.55. The number of benzene rings is 1. The number of Topliss-reactive ketones (excluding diaryl/α,β-unsaturated/α-hetero) is 1. The van der Waals surface area contributed by atoms with Crippen LogP contribution in [0.4, 0.5) is 4.79 Å². The fourth-order valence-electron chi connectivity index (χ4n) is 2.17. The van der Waals surface area contributed by atoms with Gasteiger partial charge < -0.3 is 20.8 Å². The van der Waals surface area contributed by atoms with E-state index in [1.165, 1.54) is 19.1 Å². The molecule has 1 aliphatic heterocycles. The molecule has 0 spiro atoms. The van der Waals surface area contributed by atoms with Crippen molar-refractivity contribution in [1.29, 1.82) is 0 Å². The molecule has 1 heterocycles. The lowest BCUT2D eigenvalue weighted by atomic mass is 9.92. The van der Waals surface area contributed by atoms with E-state index in [-0.39, 0.29) is 17.3 Å². The molecule has 100 valence electrons. The van der Waals surface area contributed by atoms with Crippen LogP contribution in [0.15, 0.2) is 29.5 Å². The molecule has 1 atom stereocenters. The number of rotatable bonds is 2. The molecule has 2 rings (SSSR count). The van der Waals surface area contributed by atoms with Crippen LogP contribution in [0.5, 0.6) is 11.5 Å². The Morgan fingerprint density at radius 1 is 1.32 bits per heavy atom. The molecular formula is C13H14N2O4. The quantitative estimate of drug-likeness (QED) is 0.646. The first-order valence-corrected chi connectivity index (χ1v) is 5.71. The average molecular weight is 262 g/mol. The highest BCUT2D eigenvalue weighted by Crippen LogP contribution is 2.34. The van der Waals surface area contributed by atoms with Gasteiger partial charge in [0, 0.05) is 22.9 Å². The van der Waals surface area contributed by atoms with E-state index in [0.717, 1.165) is 6.07 Å². The molecule has 1 aromatic carbocycles. The summed E-state index contributed by atoms with van der Waals surface area (Å²) in [4.78, 5) is 23.2. The minimum atomic E-state index is -0.730. The molecule has 1 aliphatic rings. The van der Waals surface area contributed by atoms with Gasteiger partial charge in [0.2, 0.25) is 0 Å². The number of hydrogen-bond donors (Lipinski definition) is 4. The van der Waals surface area contributed by atoms with Gasteiger partial charge in [-0.3, -0.25) is 4.79 Å². The van der Waals surface area contributed by atoms with Crippen molar-refractivity contribution in [3.05, 3.63) is 35.0 Å². The number of ketones is 1. The van der Waals surface area contributed by atoms with E-state index >= 15 is 0 Å². The summed E-state index contributed by atoms with van der Waals surface area (Å²) < 4.78 is 0. The molecule has 0 saturated carbocycles. The van der Waals surface area contributed by atoms with Crippen LogP contribution < -0.4 is 10.6 Å². The van der Waals surface area contributed by atoms with Crippen molar-refractivity contribution in [2.24, 2.45) is 0 Å². The third-order valence-electron chi connectivity index (χ3n) is 2.97. The predicted octanol–water partition coefficient (Wildman–Crippen LogP) is 1.31. The number of carbonyl (C=O) groups excluding carboxylic acids is 2. The molecule has 0 unspecified atom stereocenters. The fourth-order valence-corrected chi connectivity index (χ4v) is 2.17. The molecule has 19 heavy (non-hydrogen) atoms. The molecular weight excluding hydrogens is 248 g/mol. The second kappa shape index (κ2) is 4.64. The predicted molar refractivity (Wildman–Crippen MR) is 67.6 cm³/mol. The maximum Gasteiger partial charge on any atom is 0.319 e. The van der Waals surface area contributed by atoms with E-state index in [1.54, 1.807) is 6.92 Å². The van der Waals surface area contributed by atoms with Gasteiger partial charge in [-0.1, -0.05) is 0 Å². The van der Waals surface area contributed by atoms with Gasteiger partial charge in [-0.05, 0) is 26.0 Å². The average Bonchev–Trinajstić information content (AvgIpc) is 2.26. The Morgan fingerprint density at radius 2 is 2.00 bits per heavy atom. The second-order valence-corrected chi connectivity index (χ2v) is 4.37. The number of allylic oxidation sites excluding steroid dienone is 1. The van der Waals surface area contributed by atoms with Crippen molar-refractivity contribution in [2.75, 3.05) is 0 Å². The van der Waals surface area contributed by atoms with E-state index in [4.69, 9.17) is 0 Å². The Bertz CT molecular complexity index is 592. The van der Waals surface area contributed by atoms with Gasteiger partial charge >= 0.3 is 6.03 Å². The molecule has 0 saturated heterocycles. The zero-order valence-electron chi connectivity index (χ0n) is 10.5. The lowest BCUT2D eigenvalue weighted by Crippen LogP contribution is -2.44. The number of aromatic hydroxyl groups is 2. The highest BCUT2D eigenvalue weighted by molar-refractivity contribution is 5.98. The van der Waals surface area contributed by atoms with Crippen LogP contribution in [-0.4, -0.2) is 22.0 Å². The minimum Gasteiger partial charge on any atom is -0.508 e. The summed E-state index contributed by atoms with van der Waals surface area (Å²) in [6.07, 6.45) is 0. The zero-order valence-corrected chi connectivity index (χ0v) is 10.5. The summed E-state index contributed by atoms with van der Waals surface area (Å²) >= 11 is 0. The maximum atomic E-state index is 11.7. The molecule has 2 amide bonds. The Labute approximate surface area is 109 Å². The van der Waals surface area contributed by atoms with Crippen LogP contribution in [-0.2, 0) is 4.79 Å². The van der Waals surface area contributed by atoms with E-state index < -0.39 is 12.1 Å². The van der Waals surface area contributed by atoms with Gasteiger partial charge in [0.1, 0.15) is 11.5 Å². The Kier molecular flexibility index (Phi) is 3.16. The molecule has 6 nitrogen and oxygen atoms in total. The Morgan fingerprint density at radius 3 is 2.58 bits per heavy atom. The van der Waals surface area contributed by atoms with E-state index in [9.17, 15) is 19.8 Å². The lowest BCUT2D eigenvalue weighted by molar-refractivity contribution is -0.114. The molecule has 6 heteroatoms. The van der Waals surface area contributed by atoms with Gasteiger partial charge in [0.25, 0.3) is 0 Å². The van der Waals surface area contributed by atoms with Crippen LogP contribution in [0.2, 0.25) is 0 Å². The van der Waals surface area contributed by atoms with Crippen LogP contribution >= 0.6 is 0 Å². The van der Waals surface area contributed by atoms with Crippen molar-refractivity contribution in [3.8, 4) is 11.5 Å². The standard InChI is InChI=1S/C13H14N2O4/c1-6-11(7(2)16)12(15-13(19)14-6)9-4-3-8(17)5-10(9)18/h3-5,12,17-18H,1-2H3,(H2,14,15,19)/t12-/m0/s1. The fraction of sp³-hybridized carbons (Fsp3) is 0.231. The number of amides is 2. The number of carbonyl (C=O) groups is 2. The summed E-state index contributed by atoms with van der Waals surface area (Å²) in [5.74, 6) is -0.479. The molecule has 0 radical (unpaired) electrons. The maximum absolute atomic E-state index is 11.7. The summed E-state index contributed by atoms with van der Waals surface area (Å²) in [7, 11) is 0. The number of hydrogen-bond acceptors (Lipinski definition) is 4. The van der Waals surface area contributed by atoms with Crippen LogP contribution in [0.25, 0.3) is 0 Å². The summed E-state index contributed by atoms with van der Waals surface area (Å²) in [5.41, 5.74) is 1.19. The van der Waals surface area contributed by atoms with Crippen LogP contribution in [0.1, 0.15) is 25.5 Å². The summed E-state index contributed by atoms with van der Waals surface area (Å²) in [6.45, 7) is 3.02. The minimum absolute atomic E-state index is 0.0911. The Hall–Kier alpha value is -2.50. The smallest absolute Gasteiger partial charge is 0.319 e. The van der Waals surface area contributed by atoms with Crippen molar-refractivity contribution >= 4 is 11.8 Å². The van der Waals surface area contributed by atoms with Gasteiger partial charge in [-0.2, -0.15) is 0 Å². The number of phenols is 2. The molecule has 0 aliphatic carbocycles. The first-order chi connectivity index (χ1) is 8.90. The molecule has 0 bridgehead atoms. The first kappa shape index (κ1) is 12.9. The highest BCUT2D eigenvalue weighted by Gasteiger charge is 2.30. The number of urea groups is 1. The van der Waals surface area contributed by atoms with Gasteiger partial charge in [-0.25, -0.2) is 4.79 Å². The van der Waals surface area contributed by atoms with E-state index in [0.29, 0.717) is 16.8 Å².